The average molecular weight is 318 g/mol. The quantitative estimate of drug-likeness (QED) is 0.540. The first-order chi connectivity index (χ1) is 11.8. The highest BCUT2D eigenvalue weighted by molar-refractivity contribution is 5.77. The zero-order chi connectivity index (χ0) is 16.4. The minimum atomic E-state index is -0.367. The summed E-state index contributed by atoms with van der Waals surface area (Å²) < 4.78 is 12.8. The third-order valence-corrected chi connectivity index (χ3v) is 3.71. The molecule has 0 N–H and O–H groups in total. The van der Waals surface area contributed by atoms with Crippen LogP contribution in [0.5, 0.6) is 5.75 Å². The summed E-state index contributed by atoms with van der Waals surface area (Å²) in [5, 5.41) is 5.06. The Balaban J connectivity index is 1.49. The number of fused-ring (bicyclic) bond motifs is 1. The highest BCUT2D eigenvalue weighted by Crippen LogP contribution is 2.20. The molecule has 0 radical (unpaired) electrons. The molecule has 24 heavy (non-hydrogen) atoms. The highest BCUT2D eigenvalue weighted by atomic mass is 16.5. The fourth-order valence-electron chi connectivity index (χ4n) is 2.46. The van der Waals surface area contributed by atoms with Gasteiger partial charge in [0.2, 0.25) is 0 Å². The maximum atomic E-state index is 11.3. The van der Waals surface area contributed by atoms with Crippen LogP contribution in [0.3, 0.4) is 0 Å². The largest absolute Gasteiger partial charge is 0.489 e. The molecular formula is C19H14N2O3. The maximum Gasteiger partial charge on any atom is 0.336 e. The fourth-order valence-corrected chi connectivity index (χ4v) is 2.46. The normalized spacial score (nSPS) is 10.8. The Morgan fingerprint density at radius 1 is 1.04 bits per heavy atom. The van der Waals surface area contributed by atoms with E-state index in [0.717, 1.165) is 16.6 Å². The molecule has 0 aliphatic heterocycles. The topological polar surface area (TPSA) is 57.3 Å². The van der Waals surface area contributed by atoms with Crippen molar-refractivity contribution in [3.8, 4) is 11.4 Å². The van der Waals surface area contributed by atoms with E-state index >= 15 is 0 Å². The predicted octanol–water partition coefficient (Wildman–Crippen LogP) is 3.56. The Morgan fingerprint density at radius 2 is 1.88 bits per heavy atom. The lowest BCUT2D eigenvalue weighted by atomic mass is 10.2. The van der Waals surface area contributed by atoms with E-state index < -0.39 is 0 Å². The molecule has 0 atom stereocenters. The first-order valence-corrected chi connectivity index (χ1v) is 7.54. The van der Waals surface area contributed by atoms with Gasteiger partial charge in [0.05, 0.1) is 5.69 Å². The van der Waals surface area contributed by atoms with E-state index in [1.54, 1.807) is 23.0 Å². The second-order valence-electron chi connectivity index (χ2n) is 5.36. The SMILES string of the molecule is O=c1ccc2ccc(OCc3ccc(-n4cccn4)cc3)cc2o1. The lowest BCUT2D eigenvalue weighted by molar-refractivity contribution is 0.306. The van der Waals surface area contributed by atoms with Gasteiger partial charge in [0.25, 0.3) is 0 Å². The number of aromatic nitrogens is 2. The van der Waals surface area contributed by atoms with Crippen LogP contribution in [-0.2, 0) is 6.61 Å². The minimum Gasteiger partial charge on any atom is -0.489 e. The number of hydrogen-bond acceptors (Lipinski definition) is 4. The van der Waals surface area contributed by atoms with Crippen LogP contribution in [0.25, 0.3) is 16.7 Å². The summed E-state index contributed by atoms with van der Waals surface area (Å²) in [6.45, 7) is 0.432. The first-order valence-electron chi connectivity index (χ1n) is 7.54. The second-order valence-corrected chi connectivity index (χ2v) is 5.36. The van der Waals surface area contributed by atoms with Crippen LogP contribution in [0, 0.1) is 0 Å². The van der Waals surface area contributed by atoms with Gasteiger partial charge in [0, 0.05) is 29.9 Å². The van der Waals surface area contributed by atoms with Gasteiger partial charge in [-0.3, -0.25) is 0 Å². The Hall–Kier alpha value is -3.34. The van der Waals surface area contributed by atoms with Gasteiger partial charge in [-0.25, -0.2) is 9.48 Å². The molecule has 0 aliphatic rings. The van der Waals surface area contributed by atoms with Gasteiger partial charge in [-0.1, -0.05) is 12.1 Å². The molecule has 0 amide bonds. The summed E-state index contributed by atoms with van der Waals surface area (Å²) in [6, 6.07) is 18.5. The molecule has 2 aromatic carbocycles. The van der Waals surface area contributed by atoms with Crippen molar-refractivity contribution < 1.29 is 9.15 Å². The van der Waals surface area contributed by atoms with Crippen molar-refractivity contribution in [1.82, 2.24) is 9.78 Å². The van der Waals surface area contributed by atoms with Gasteiger partial charge >= 0.3 is 5.63 Å². The van der Waals surface area contributed by atoms with E-state index in [-0.39, 0.29) is 5.63 Å². The number of ether oxygens (including phenoxy) is 1. The van der Waals surface area contributed by atoms with E-state index in [0.29, 0.717) is 17.9 Å². The molecular weight excluding hydrogens is 304 g/mol. The van der Waals surface area contributed by atoms with Crippen molar-refractivity contribution in [2.24, 2.45) is 0 Å². The Labute approximate surface area is 137 Å². The number of rotatable bonds is 4. The van der Waals surface area contributed by atoms with Gasteiger partial charge < -0.3 is 9.15 Å². The summed E-state index contributed by atoms with van der Waals surface area (Å²) in [5.41, 5.74) is 2.19. The van der Waals surface area contributed by atoms with E-state index in [2.05, 4.69) is 5.10 Å². The predicted molar refractivity (Wildman–Crippen MR) is 90.4 cm³/mol. The molecule has 0 saturated heterocycles. The lowest BCUT2D eigenvalue weighted by Gasteiger charge is -2.08. The fraction of sp³-hybridized carbons (Fsp3) is 0.0526. The smallest absolute Gasteiger partial charge is 0.336 e. The van der Waals surface area contributed by atoms with Crippen LogP contribution in [-0.4, -0.2) is 9.78 Å². The summed E-state index contributed by atoms with van der Waals surface area (Å²) in [5.74, 6) is 0.660. The third kappa shape index (κ3) is 2.92. The molecule has 5 heteroatoms. The molecule has 118 valence electrons. The average Bonchev–Trinajstić information content (AvgIpc) is 3.14. The van der Waals surface area contributed by atoms with Crippen molar-refractivity contribution in [3.63, 3.8) is 0 Å². The molecule has 2 heterocycles. The van der Waals surface area contributed by atoms with Gasteiger partial charge in [-0.2, -0.15) is 5.10 Å². The van der Waals surface area contributed by atoms with Crippen LogP contribution in [0.4, 0.5) is 0 Å². The third-order valence-electron chi connectivity index (χ3n) is 3.71. The first kappa shape index (κ1) is 14.3. The van der Waals surface area contributed by atoms with Crippen molar-refractivity contribution in [2.75, 3.05) is 0 Å². The molecule has 0 aliphatic carbocycles. The van der Waals surface area contributed by atoms with Crippen molar-refractivity contribution in [1.29, 1.82) is 0 Å². The Morgan fingerprint density at radius 3 is 2.67 bits per heavy atom. The summed E-state index contributed by atoms with van der Waals surface area (Å²) >= 11 is 0. The zero-order valence-corrected chi connectivity index (χ0v) is 12.8. The standard InChI is InChI=1S/C19H14N2O3/c22-19-9-5-15-4-8-17(12-18(15)24-19)23-13-14-2-6-16(7-3-14)21-11-1-10-20-21/h1-12H,13H2. The van der Waals surface area contributed by atoms with E-state index in [4.69, 9.17) is 9.15 Å². The zero-order valence-electron chi connectivity index (χ0n) is 12.8. The van der Waals surface area contributed by atoms with Gasteiger partial charge in [-0.15, -0.1) is 0 Å². The molecule has 4 rings (SSSR count). The molecule has 4 aromatic rings. The van der Waals surface area contributed by atoms with Crippen molar-refractivity contribution in [3.05, 3.63) is 89.0 Å². The summed E-state index contributed by atoms with van der Waals surface area (Å²) in [4.78, 5) is 11.3. The van der Waals surface area contributed by atoms with Gasteiger partial charge in [0.1, 0.15) is 17.9 Å². The van der Waals surface area contributed by atoms with Crippen molar-refractivity contribution >= 4 is 11.0 Å². The van der Waals surface area contributed by atoms with E-state index in [9.17, 15) is 4.79 Å². The maximum absolute atomic E-state index is 11.3. The van der Waals surface area contributed by atoms with Crippen LogP contribution < -0.4 is 10.4 Å². The minimum absolute atomic E-state index is 0.367. The Kier molecular flexibility index (Phi) is 3.59. The molecule has 0 unspecified atom stereocenters. The Bertz CT molecular complexity index is 1020. The van der Waals surface area contributed by atoms with Crippen LogP contribution in [0.1, 0.15) is 5.56 Å². The second kappa shape index (κ2) is 6.04. The van der Waals surface area contributed by atoms with E-state index in [1.807, 2.05) is 48.7 Å². The number of benzene rings is 2. The molecule has 0 fully saturated rings. The van der Waals surface area contributed by atoms with Crippen molar-refractivity contribution in [2.45, 2.75) is 6.61 Å². The van der Waals surface area contributed by atoms with Gasteiger partial charge in [0.15, 0.2) is 0 Å². The number of hydrogen-bond donors (Lipinski definition) is 0. The number of nitrogens with zero attached hydrogens (tertiary/aromatic N) is 2. The molecule has 0 bridgehead atoms. The summed E-state index contributed by atoms with van der Waals surface area (Å²) in [7, 11) is 0. The molecule has 0 saturated carbocycles. The highest BCUT2D eigenvalue weighted by Gasteiger charge is 2.02. The summed E-state index contributed by atoms with van der Waals surface area (Å²) in [6.07, 6.45) is 3.64. The van der Waals surface area contributed by atoms with Crippen LogP contribution >= 0.6 is 0 Å². The van der Waals surface area contributed by atoms with Crippen LogP contribution in [0.2, 0.25) is 0 Å². The molecule has 5 nitrogen and oxygen atoms in total. The van der Waals surface area contributed by atoms with Crippen LogP contribution in [0.15, 0.2) is 82.3 Å². The lowest BCUT2D eigenvalue weighted by Crippen LogP contribution is -1.98. The molecule has 2 aromatic heterocycles. The van der Waals surface area contributed by atoms with E-state index in [1.165, 1.54) is 6.07 Å². The monoisotopic (exact) mass is 318 g/mol. The molecule has 0 spiro atoms. The van der Waals surface area contributed by atoms with Gasteiger partial charge in [-0.05, 0) is 42.0 Å².